The highest BCUT2D eigenvalue weighted by atomic mass is 32.2. The van der Waals surface area contributed by atoms with E-state index in [9.17, 15) is 13.2 Å². The minimum absolute atomic E-state index is 0.236. The number of hydrogen-bond donors (Lipinski definition) is 1. The number of benzene rings is 2. The highest BCUT2D eigenvalue weighted by molar-refractivity contribution is 7.89. The Bertz CT molecular complexity index is 963. The number of aryl methyl sites for hydroxylation is 3. The van der Waals surface area contributed by atoms with Gasteiger partial charge in [0.1, 0.15) is 0 Å². The Labute approximate surface area is 166 Å². The predicted molar refractivity (Wildman–Crippen MR) is 109 cm³/mol. The third-order valence-corrected chi connectivity index (χ3v) is 6.42. The molecule has 0 aliphatic rings. The van der Waals surface area contributed by atoms with Crippen LogP contribution in [-0.2, 0) is 14.8 Å². The van der Waals surface area contributed by atoms with Gasteiger partial charge in [-0.05, 0) is 44.0 Å². The molecule has 8 heteroatoms. The van der Waals surface area contributed by atoms with Crippen LogP contribution in [0.2, 0.25) is 0 Å². The van der Waals surface area contributed by atoms with Gasteiger partial charge in [0.05, 0.1) is 25.7 Å². The number of methoxy groups -OCH3 is 2. The van der Waals surface area contributed by atoms with E-state index in [1.54, 1.807) is 32.0 Å². The van der Waals surface area contributed by atoms with E-state index in [1.165, 1.54) is 21.3 Å². The Kier molecular flexibility index (Phi) is 6.69. The zero-order valence-electron chi connectivity index (χ0n) is 17.0. The number of carbonyl (C=O) groups is 1. The summed E-state index contributed by atoms with van der Waals surface area (Å²) in [5.74, 6) is 0.540. The van der Waals surface area contributed by atoms with E-state index in [4.69, 9.17) is 9.47 Å². The molecule has 28 heavy (non-hydrogen) atoms. The van der Waals surface area contributed by atoms with Gasteiger partial charge < -0.3 is 14.8 Å². The van der Waals surface area contributed by atoms with Crippen molar-refractivity contribution in [2.75, 3.05) is 33.1 Å². The number of nitrogens with zero attached hydrogens (tertiary/aromatic N) is 1. The van der Waals surface area contributed by atoms with E-state index in [-0.39, 0.29) is 11.4 Å². The summed E-state index contributed by atoms with van der Waals surface area (Å²) in [6.45, 7) is 5.11. The number of anilines is 1. The lowest BCUT2D eigenvalue weighted by atomic mass is 10.1. The second-order valence-electron chi connectivity index (χ2n) is 6.61. The maximum atomic E-state index is 13.0. The molecule has 2 aromatic rings. The molecule has 0 heterocycles. The van der Waals surface area contributed by atoms with Gasteiger partial charge in [-0.15, -0.1) is 0 Å². The molecule has 0 radical (unpaired) electrons. The molecule has 152 valence electrons. The smallest absolute Gasteiger partial charge is 0.243 e. The van der Waals surface area contributed by atoms with E-state index in [2.05, 4.69) is 5.32 Å². The summed E-state index contributed by atoms with van der Waals surface area (Å²) in [6, 6.07) is 8.56. The van der Waals surface area contributed by atoms with Gasteiger partial charge in [0.2, 0.25) is 15.9 Å². The summed E-state index contributed by atoms with van der Waals surface area (Å²) in [5, 5.41) is 2.68. The third-order valence-electron chi connectivity index (χ3n) is 4.31. The van der Waals surface area contributed by atoms with Crippen LogP contribution in [0.4, 0.5) is 5.69 Å². The monoisotopic (exact) mass is 406 g/mol. The number of ether oxygens (including phenoxy) is 2. The van der Waals surface area contributed by atoms with Crippen LogP contribution in [0, 0.1) is 20.8 Å². The molecule has 0 atom stereocenters. The first kappa shape index (κ1) is 21.7. The molecule has 0 saturated heterocycles. The third kappa shape index (κ3) is 4.63. The molecule has 0 aromatic heterocycles. The first-order valence-electron chi connectivity index (χ1n) is 8.66. The minimum Gasteiger partial charge on any atom is -0.493 e. The maximum absolute atomic E-state index is 13.0. The van der Waals surface area contributed by atoms with Crippen molar-refractivity contribution in [3.8, 4) is 11.5 Å². The van der Waals surface area contributed by atoms with E-state index < -0.39 is 15.9 Å². The molecule has 0 aliphatic heterocycles. The van der Waals surface area contributed by atoms with Crippen LogP contribution >= 0.6 is 0 Å². The zero-order valence-corrected chi connectivity index (χ0v) is 17.8. The highest BCUT2D eigenvalue weighted by Crippen LogP contribution is 2.30. The Morgan fingerprint density at radius 1 is 1.00 bits per heavy atom. The Morgan fingerprint density at radius 3 is 2.11 bits per heavy atom. The van der Waals surface area contributed by atoms with Crippen molar-refractivity contribution in [2.45, 2.75) is 25.7 Å². The number of likely N-dealkylation sites (N-methyl/N-ethyl adjacent to an activating group) is 1. The van der Waals surface area contributed by atoms with Crippen LogP contribution in [0.25, 0.3) is 0 Å². The van der Waals surface area contributed by atoms with Crippen molar-refractivity contribution in [1.82, 2.24) is 4.31 Å². The van der Waals surface area contributed by atoms with Gasteiger partial charge in [0.25, 0.3) is 0 Å². The Balaban J connectivity index is 2.18. The summed E-state index contributed by atoms with van der Waals surface area (Å²) in [7, 11) is 0.606. The van der Waals surface area contributed by atoms with Crippen LogP contribution in [0.1, 0.15) is 16.7 Å². The van der Waals surface area contributed by atoms with Gasteiger partial charge in [-0.2, -0.15) is 4.31 Å². The van der Waals surface area contributed by atoms with Crippen molar-refractivity contribution in [3.63, 3.8) is 0 Å². The molecule has 0 fully saturated rings. The van der Waals surface area contributed by atoms with Crippen molar-refractivity contribution in [1.29, 1.82) is 0 Å². The lowest BCUT2D eigenvalue weighted by Crippen LogP contribution is -2.35. The Morgan fingerprint density at radius 2 is 1.57 bits per heavy atom. The standard InChI is InChI=1S/C20H26N2O5S/c1-13-9-14(2)20(15(3)10-13)28(24,25)22(4)12-19(23)21-16-7-8-17(26-5)18(11-16)27-6/h7-11H,12H2,1-6H3,(H,21,23). The molecule has 0 bridgehead atoms. The molecule has 1 N–H and O–H groups in total. The Hall–Kier alpha value is -2.58. The van der Waals surface area contributed by atoms with Crippen LogP contribution < -0.4 is 14.8 Å². The fraction of sp³-hybridized carbons (Fsp3) is 0.350. The number of rotatable bonds is 7. The van der Waals surface area contributed by atoms with Gasteiger partial charge in [-0.1, -0.05) is 17.7 Å². The second-order valence-corrected chi connectivity index (χ2v) is 8.59. The minimum atomic E-state index is -3.80. The first-order valence-corrected chi connectivity index (χ1v) is 10.1. The average molecular weight is 407 g/mol. The maximum Gasteiger partial charge on any atom is 0.243 e. The van der Waals surface area contributed by atoms with Gasteiger partial charge in [0.15, 0.2) is 11.5 Å². The normalized spacial score (nSPS) is 11.4. The van der Waals surface area contributed by atoms with Crippen molar-refractivity contribution < 1.29 is 22.7 Å². The molecule has 0 spiro atoms. The fourth-order valence-electron chi connectivity index (χ4n) is 3.13. The van der Waals surface area contributed by atoms with Gasteiger partial charge in [0, 0.05) is 18.8 Å². The van der Waals surface area contributed by atoms with Crippen LogP contribution in [0.15, 0.2) is 35.2 Å². The number of amides is 1. The molecule has 1 amide bonds. The summed E-state index contributed by atoms with van der Waals surface area (Å²) >= 11 is 0. The van der Waals surface area contributed by atoms with Crippen LogP contribution in [0.5, 0.6) is 11.5 Å². The number of hydrogen-bond acceptors (Lipinski definition) is 5. The number of carbonyl (C=O) groups excluding carboxylic acids is 1. The van der Waals surface area contributed by atoms with Crippen LogP contribution in [-0.4, -0.2) is 46.4 Å². The molecule has 0 unspecified atom stereocenters. The van der Waals surface area contributed by atoms with Crippen molar-refractivity contribution >= 4 is 21.6 Å². The molecule has 2 rings (SSSR count). The first-order chi connectivity index (χ1) is 13.1. The van der Waals surface area contributed by atoms with Crippen molar-refractivity contribution in [3.05, 3.63) is 47.0 Å². The van der Waals surface area contributed by atoms with Crippen LogP contribution in [0.3, 0.4) is 0 Å². The molecule has 0 aliphatic carbocycles. The predicted octanol–water partition coefficient (Wildman–Crippen LogP) is 2.89. The largest absolute Gasteiger partial charge is 0.493 e. The molecule has 2 aromatic carbocycles. The number of nitrogens with one attached hydrogen (secondary N) is 1. The number of sulfonamides is 1. The van der Waals surface area contributed by atoms with Crippen molar-refractivity contribution in [2.24, 2.45) is 0 Å². The van der Waals surface area contributed by atoms with E-state index >= 15 is 0 Å². The zero-order chi connectivity index (χ0) is 21.1. The van der Waals surface area contributed by atoms with Gasteiger partial charge in [-0.25, -0.2) is 8.42 Å². The molecular weight excluding hydrogens is 380 g/mol. The fourth-order valence-corrected chi connectivity index (χ4v) is 4.66. The van der Waals surface area contributed by atoms with E-state index in [1.807, 2.05) is 19.1 Å². The van der Waals surface area contributed by atoms with Gasteiger partial charge >= 0.3 is 0 Å². The van der Waals surface area contributed by atoms with Gasteiger partial charge in [-0.3, -0.25) is 4.79 Å². The second kappa shape index (κ2) is 8.62. The average Bonchev–Trinajstić information content (AvgIpc) is 2.60. The lowest BCUT2D eigenvalue weighted by molar-refractivity contribution is -0.116. The SMILES string of the molecule is COc1ccc(NC(=O)CN(C)S(=O)(=O)c2c(C)cc(C)cc2C)cc1OC. The lowest BCUT2D eigenvalue weighted by Gasteiger charge is -2.20. The summed E-state index contributed by atoms with van der Waals surface area (Å²) in [6.07, 6.45) is 0. The summed E-state index contributed by atoms with van der Waals surface area (Å²) < 4.78 is 37.3. The quantitative estimate of drug-likeness (QED) is 0.764. The highest BCUT2D eigenvalue weighted by Gasteiger charge is 2.26. The van der Waals surface area contributed by atoms with E-state index in [0.717, 1.165) is 9.87 Å². The van der Waals surface area contributed by atoms with E-state index in [0.29, 0.717) is 28.3 Å². The summed E-state index contributed by atoms with van der Waals surface area (Å²) in [4.78, 5) is 12.6. The topological polar surface area (TPSA) is 84.9 Å². The summed E-state index contributed by atoms with van der Waals surface area (Å²) in [5.41, 5.74) is 2.79. The molecular formula is C20H26N2O5S. The molecule has 0 saturated carbocycles. The molecule has 7 nitrogen and oxygen atoms in total.